The summed E-state index contributed by atoms with van der Waals surface area (Å²) in [4.78, 5) is 8.94. The molecule has 0 spiro atoms. The predicted octanol–water partition coefficient (Wildman–Crippen LogP) is 5.42. The number of aromatic nitrogens is 2. The second kappa shape index (κ2) is 7.81. The van der Waals surface area contributed by atoms with Gasteiger partial charge in [0.25, 0.3) is 0 Å². The lowest BCUT2D eigenvalue weighted by Crippen LogP contribution is -2.32. The van der Waals surface area contributed by atoms with Crippen molar-refractivity contribution in [2.45, 2.75) is 18.6 Å². The maximum atomic E-state index is 13.0. The maximum Gasteiger partial charge on any atom is 0.451 e. The topological polar surface area (TPSA) is 50.3 Å². The third-order valence-electron chi connectivity index (χ3n) is 4.76. The Morgan fingerprint density at radius 2 is 1.87 bits per heavy atom. The number of ether oxygens (including phenoxy) is 1. The maximum absolute atomic E-state index is 13.0. The van der Waals surface area contributed by atoms with Crippen LogP contribution in [-0.2, 0) is 6.18 Å². The predicted molar refractivity (Wildman–Crippen MR) is 104 cm³/mol. The number of fused-ring (bicyclic) bond motifs is 1. The molecule has 2 aromatic carbocycles. The van der Waals surface area contributed by atoms with E-state index in [1.165, 1.54) is 30.5 Å². The van der Waals surface area contributed by atoms with Gasteiger partial charge >= 0.3 is 6.18 Å². The summed E-state index contributed by atoms with van der Waals surface area (Å²) in [6, 6.07) is 12.6. The SMILES string of the molecule is CN1CCC(Nc2cccc(Oc3ccc(F)cc3)c2)c2cnc(C(F)(F)F)nc21. The highest BCUT2D eigenvalue weighted by Crippen LogP contribution is 2.36. The molecule has 9 heteroatoms. The Hall–Kier alpha value is -3.36. The summed E-state index contributed by atoms with van der Waals surface area (Å²) in [5, 5.41) is 3.32. The highest BCUT2D eigenvalue weighted by atomic mass is 19.4. The van der Waals surface area contributed by atoms with Crippen LogP contribution in [0.25, 0.3) is 0 Å². The molecule has 0 fully saturated rings. The fourth-order valence-electron chi connectivity index (χ4n) is 3.29. The molecule has 1 aliphatic heterocycles. The van der Waals surface area contributed by atoms with Crippen molar-refractivity contribution in [2.24, 2.45) is 0 Å². The quantitative estimate of drug-likeness (QED) is 0.574. The van der Waals surface area contributed by atoms with E-state index in [4.69, 9.17) is 4.74 Å². The third kappa shape index (κ3) is 4.29. The van der Waals surface area contributed by atoms with E-state index in [-0.39, 0.29) is 17.7 Å². The number of nitrogens with one attached hydrogen (secondary N) is 1. The molecule has 0 saturated heterocycles. The Balaban J connectivity index is 1.55. The third-order valence-corrected chi connectivity index (χ3v) is 4.76. The Bertz CT molecular complexity index is 1040. The molecule has 0 aliphatic carbocycles. The van der Waals surface area contributed by atoms with Crippen molar-refractivity contribution >= 4 is 11.5 Å². The average molecular weight is 418 g/mol. The van der Waals surface area contributed by atoms with Crippen LogP contribution in [0.5, 0.6) is 11.5 Å². The van der Waals surface area contributed by atoms with Gasteiger partial charge in [0.05, 0.1) is 6.04 Å². The normalized spacial score (nSPS) is 16.2. The van der Waals surface area contributed by atoms with Gasteiger partial charge in [0.2, 0.25) is 5.82 Å². The molecule has 2 heterocycles. The van der Waals surface area contributed by atoms with Gasteiger partial charge in [-0.3, -0.25) is 0 Å². The number of anilines is 2. The highest BCUT2D eigenvalue weighted by Gasteiger charge is 2.37. The first-order valence-electron chi connectivity index (χ1n) is 9.25. The molecule has 156 valence electrons. The van der Waals surface area contributed by atoms with Gasteiger partial charge in [-0.2, -0.15) is 13.2 Å². The fourth-order valence-corrected chi connectivity index (χ4v) is 3.29. The van der Waals surface area contributed by atoms with Crippen LogP contribution in [0.1, 0.15) is 23.9 Å². The molecule has 1 unspecified atom stereocenters. The summed E-state index contributed by atoms with van der Waals surface area (Å²) in [6.45, 7) is 0.546. The first kappa shape index (κ1) is 19.9. The van der Waals surface area contributed by atoms with Crippen molar-refractivity contribution in [3.8, 4) is 11.5 Å². The van der Waals surface area contributed by atoms with Crippen LogP contribution in [0.2, 0.25) is 0 Å². The molecule has 1 aliphatic rings. The highest BCUT2D eigenvalue weighted by molar-refractivity contribution is 5.56. The summed E-state index contributed by atoms with van der Waals surface area (Å²) in [6.07, 6.45) is -2.69. The molecule has 0 radical (unpaired) electrons. The van der Waals surface area contributed by atoms with Gasteiger partial charge in [-0.1, -0.05) is 6.07 Å². The molecule has 0 amide bonds. The Morgan fingerprint density at radius 1 is 1.10 bits per heavy atom. The first-order valence-corrected chi connectivity index (χ1v) is 9.25. The van der Waals surface area contributed by atoms with Gasteiger partial charge in [-0.05, 0) is 42.8 Å². The number of halogens is 4. The van der Waals surface area contributed by atoms with Gasteiger partial charge in [-0.15, -0.1) is 0 Å². The van der Waals surface area contributed by atoms with E-state index in [0.717, 1.165) is 5.69 Å². The molecule has 0 bridgehead atoms. The van der Waals surface area contributed by atoms with Crippen molar-refractivity contribution in [3.63, 3.8) is 0 Å². The standard InChI is InChI=1S/C21H18F4N4O/c1-29-10-9-18(17-12-26-20(21(23,24)25)28-19(17)29)27-14-3-2-4-16(11-14)30-15-7-5-13(22)6-8-15/h2-8,11-12,18,27H,9-10H2,1H3. The van der Waals surface area contributed by atoms with E-state index >= 15 is 0 Å². The molecule has 1 aromatic heterocycles. The molecule has 30 heavy (non-hydrogen) atoms. The van der Waals surface area contributed by atoms with E-state index in [1.807, 2.05) is 6.07 Å². The number of nitrogens with zero attached hydrogens (tertiary/aromatic N) is 3. The number of hydrogen-bond acceptors (Lipinski definition) is 5. The zero-order valence-corrected chi connectivity index (χ0v) is 15.9. The lowest BCUT2D eigenvalue weighted by molar-refractivity contribution is -0.144. The minimum absolute atomic E-state index is 0.250. The molecule has 3 aromatic rings. The van der Waals surface area contributed by atoms with Crippen molar-refractivity contribution < 1.29 is 22.3 Å². The molecular formula is C21H18F4N4O. The molecule has 4 rings (SSSR count). The summed E-state index contributed by atoms with van der Waals surface area (Å²) in [5.41, 5.74) is 1.33. The zero-order valence-electron chi connectivity index (χ0n) is 15.9. The Kier molecular flexibility index (Phi) is 5.19. The van der Waals surface area contributed by atoms with Gasteiger partial charge < -0.3 is 15.0 Å². The summed E-state index contributed by atoms with van der Waals surface area (Å²) < 4.78 is 57.7. The number of benzene rings is 2. The Labute approximate surface area is 170 Å². The van der Waals surface area contributed by atoms with Gasteiger partial charge in [0.15, 0.2) is 0 Å². The van der Waals surface area contributed by atoms with E-state index in [1.54, 1.807) is 30.1 Å². The molecule has 0 saturated carbocycles. The van der Waals surface area contributed by atoms with Crippen molar-refractivity contribution in [2.75, 3.05) is 23.8 Å². The van der Waals surface area contributed by atoms with E-state index in [2.05, 4.69) is 15.3 Å². The largest absolute Gasteiger partial charge is 0.457 e. The zero-order chi connectivity index (χ0) is 21.3. The van der Waals surface area contributed by atoms with Gasteiger partial charge in [0.1, 0.15) is 23.1 Å². The number of alkyl halides is 3. The fraction of sp³-hybridized carbons (Fsp3) is 0.238. The van der Waals surface area contributed by atoms with Crippen LogP contribution in [0.15, 0.2) is 54.7 Å². The Morgan fingerprint density at radius 3 is 2.60 bits per heavy atom. The van der Waals surface area contributed by atoms with Crippen molar-refractivity contribution in [1.82, 2.24) is 9.97 Å². The van der Waals surface area contributed by atoms with Gasteiger partial charge in [-0.25, -0.2) is 14.4 Å². The lowest BCUT2D eigenvalue weighted by Gasteiger charge is -2.33. The van der Waals surface area contributed by atoms with Crippen molar-refractivity contribution in [3.05, 3.63) is 71.9 Å². The second-order valence-electron chi connectivity index (χ2n) is 6.96. The van der Waals surface area contributed by atoms with Crippen LogP contribution < -0.4 is 15.0 Å². The number of hydrogen-bond donors (Lipinski definition) is 1. The molecule has 1 atom stereocenters. The minimum atomic E-state index is -4.59. The van der Waals surface area contributed by atoms with Crippen LogP contribution >= 0.6 is 0 Å². The van der Waals surface area contributed by atoms with E-state index < -0.39 is 12.0 Å². The summed E-state index contributed by atoms with van der Waals surface area (Å²) >= 11 is 0. The van der Waals surface area contributed by atoms with Crippen LogP contribution in [0.4, 0.5) is 29.1 Å². The number of rotatable bonds is 4. The summed E-state index contributed by atoms with van der Waals surface area (Å²) in [7, 11) is 1.71. The van der Waals surface area contributed by atoms with E-state index in [0.29, 0.717) is 30.0 Å². The van der Waals surface area contributed by atoms with Crippen molar-refractivity contribution in [1.29, 1.82) is 0 Å². The monoisotopic (exact) mass is 418 g/mol. The van der Waals surface area contributed by atoms with Crippen LogP contribution in [-0.4, -0.2) is 23.6 Å². The molecule has 5 nitrogen and oxygen atoms in total. The van der Waals surface area contributed by atoms with Gasteiger partial charge in [0, 0.05) is 37.1 Å². The second-order valence-corrected chi connectivity index (χ2v) is 6.96. The van der Waals surface area contributed by atoms with E-state index in [9.17, 15) is 17.6 Å². The minimum Gasteiger partial charge on any atom is -0.457 e. The molecular weight excluding hydrogens is 400 g/mol. The first-order chi connectivity index (χ1) is 14.3. The van der Waals surface area contributed by atoms with Crippen LogP contribution in [0.3, 0.4) is 0 Å². The summed E-state index contributed by atoms with van der Waals surface area (Å²) in [5.74, 6) is -0.201. The smallest absolute Gasteiger partial charge is 0.451 e. The molecule has 1 N–H and O–H groups in total. The lowest BCUT2D eigenvalue weighted by atomic mass is 10.0. The van der Waals surface area contributed by atoms with Crippen LogP contribution in [0, 0.1) is 5.82 Å². The average Bonchev–Trinajstić information content (AvgIpc) is 2.71.